The van der Waals surface area contributed by atoms with E-state index in [1.54, 1.807) is 43.3 Å². The number of sulfonamides is 1. The van der Waals surface area contributed by atoms with Gasteiger partial charge in [0.1, 0.15) is 0 Å². The van der Waals surface area contributed by atoms with E-state index in [4.69, 9.17) is 16.3 Å². The molecule has 1 aliphatic heterocycles. The lowest BCUT2D eigenvalue weighted by molar-refractivity contribution is 0.122. The van der Waals surface area contributed by atoms with E-state index in [-0.39, 0.29) is 4.90 Å². The maximum Gasteiger partial charge on any atom is 0.262 e. The van der Waals surface area contributed by atoms with Gasteiger partial charge >= 0.3 is 0 Å². The molecule has 0 aliphatic carbocycles. The summed E-state index contributed by atoms with van der Waals surface area (Å²) in [5, 5.41) is 0.365. The van der Waals surface area contributed by atoms with Crippen LogP contribution in [-0.2, 0) is 14.8 Å². The predicted molar refractivity (Wildman–Crippen MR) is 96.5 cm³/mol. The number of morpholine rings is 1. The van der Waals surface area contributed by atoms with Crippen LogP contribution in [-0.4, -0.2) is 34.7 Å². The Kier molecular flexibility index (Phi) is 4.99. The molecule has 0 unspecified atom stereocenters. The second-order valence-corrected chi connectivity index (χ2v) is 7.69. The summed E-state index contributed by atoms with van der Waals surface area (Å²) in [7, 11) is -3.69. The highest BCUT2D eigenvalue weighted by Gasteiger charge is 2.19. The largest absolute Gasteiger partial charge is 0.378 e. The molecule has 24 heavy (non-hydrogen) atoms. The fraction of sp³-hybridized carbons (Fsp3) is 0.294. The lowest BCUT2D eigenvalue weighted by Crippen LogP contribution is -2.36. The Balaban J connectivity index is 1.90. The van der Waals surface area contributed by atoms with Crippen molar-refractivity contribution in [2.24, 2.45) is 0 Å². The van der Waals surface area contributed by atoms with Crippen molar-refractivity contribution >= 4 is 33.0 Å². The first-order valence-corrected chi connectivity index (χ1v) is 9.54. The summed E-state index contributed by atoms with van der Waals surface area (Å²) in [5.74, 6) is 0. The van der Waals surface area contributed by atoms with Crippen molar-refractivity contribution in [3.8, 4) is 0 Å². The van der Waals surface area contributed by atoms with Crippen LogP contribution in [0.15, 0.2) is 47.4 Å². The highest BCUT2D eigenvalue weighted by atomic mass is 35.5. The molecular formula is C17H19ClN2O3S. The summed E-state index contributed by atoms with van der Waals surface area (Å²) in [4.78, 5) is 2.39. The molecule has 1 fully saturated rings. The van der Waals surface area contributed by atoms with E-state index in [2.05, 4.69) is 9.62 Å². The fourth-order valence-electron chi connectivity index (χ4n) is 2.67. The number of anilines is 2. The SMILES string of the molecule is Cc1ccccc1S(=O)(=O)Nc1cc(N2CCOCC2)ccc1Cl. The fourth-order valence-corrected chi connectivity index (χ4v) is 4.21. The summed E-state index contributed by atoms with van der Waals surface area (Å²) in [6.07, 6.45) is 0. The minimum absolute atomic E-state index is 0.248. The molecule has 0 atom stereocenters. The summed E-state index contributed by atoms with van der Waals surface area (Å²) < 4.78 is 33.3. The number of hydrogen-bond acceptors (Lipinski definition) is 4. The molecule has 0 saturated carbocycles. The molecule has 128 valence electrons. The van der Waals surface area contributed by atoms with Crippen molar-refractivity contribution in [2.75, 3.05) is 35.9 Å². The van der Waals surface area contributed by atoms with Crippen LogP contribution in [0.2, 0.25) is 5.02 Å². The monoisotopic (exact) mass is 366 g/mol. The first-order valence-electron chi connectivity index (χ1n) is 7.68. The Morgan fingerprint density at radius 3 is 2.54 bits per heavy atom. The highest BCUT2D eigenvalue weighted by Crippen LogP contribution is 2.30. The summed E-state index contributed by atoms with van der Waals surface area (Å²) in [5.41, 5.74) is 1.99. The topological polar surface area (TPSA) is 58.6 Å². The predicted octanol–water partition coefficient (Wildman–Crippen LogP) is 3.29. The van der Waals surface area contributed by atoms with Crippen LogP contribution in [0.1, 0.15) is 5.56 Å². The standard InChI is InChI=1S/C17H19ClN2O3S/c1-13-4-2-3-5-17(13)24(21,22)19-16-12-14(6-7-15(16)18)20-8-10-23-11-9-20/h2-7,12,19H,8-11H2,1H3. The number of hydrogen-bond donors (Lipinski definition) is 1. The maximum absolute atomic E-state index is 12.7. The molecule has 0 spiro atoms. The zero-order chi connectivity index (χ0) is 17.2. The Bertz CT molecular complexity index is 833. The Morgan fingerprint density at radius 2 is 1.83 bits per heavy atom. The van der Waals surface area contributed by atoms with Gasteiger partial charge in [-0.2, -0.15) is 0 Å². The third kappa shape index (κ3) is 3.66. The average molecular weight is 367 g/mol. The van der Waals surface area contributed by atoms with Gasteiger partial charge in [-0.15, -0.1) is 0 Å². The molecular weight excluding hydrogens is 348 g/mol. The lowest BCUT2D eigenvalue weighted by Gasteiger charge is -2.29. The molecule has 1 heterocycles. The zero-order valence-electron chi connectivity index (χ0n) is 13.3. The van der Waals surface area contributed by atoms with Crippen molar-refractivity contribution in [3.05, 3.63) is 53.1 Å². The van der Waals surface area contributed by atoms with Crippen LogP contribution in [0.5, 0.6) is 0 Å². The second-order valence-electron chi connectivity index (χ2n) is 5.63. The third-order valence-electron chi connectivity index (χ3n) is 3.95. The van der Waals surface area contributed by atoms with Gasteiger partial charge in [-0.1, -0.05) is 29.8 Å². The number of rotatable bonds is 4. The average Bonchev–Trinajstić information content (AvgIpc) is 2.58. The number of nitrogens with zero attached hydrogens (tertiary/aromatic N) is 1. The minimum atomic E-state index is -3.69. The smallest absolute Gasteiger partial charge is 0.262 e. The van der Waals surface area contributed by atoms with E-state index in [0.717, 1.165) is 18.8 Å². The molecule has 2 aromatic rings. The highest BCUT2D eigenvalue weighted by molar-refractivity contribution is 7.92. The molecule has 1 aliphatic rings. The molecule has 1 saturated heterocycles. The summed E-state index contributed by atoms with van der Waals surface area (Å²) >= 11 is 6.20. The number of nitrogens with one attached hydrogen (secondary N) is 1. The van der Waals surface area contributed by atoms with Gasteiger partial charge in [0.25, 0.3) is 10.0 Å². The maximum atomic E-state index is 12.7. The van der Waals surface area contributed by atoms with E-state index in [1.807, 2.05) is 6.07 Å². The third-order valence-corrected chi connectivity index (χ3v) is 5.81. The van der Waals surface area contributed by atoms with E-state index >= 15 is 0 Å². The minimum Gasteiger partial charge on any atom is -0.378 e. The number of halogens is 1. The molecule has 0 amide bonds. The molecule has 0 bridgehead atoms. The molecule has 7 heteroatoms. The van der Waals surface area contributed by atoms with Gasteiger partial charge in [0.15, 0.2) is 0 Å². The molecule has 0 radical (unpaired) electrons. The van der Waals surface area contributed by atoms with Gasteiger partial charge in [0.05, 0.1) is 28.8 Å². The molecule has 0 aromatic heterocycles. The van der Waals surface area contributed by atoms with Crippen LogP contribution in [0, 0.1) is 6.92 Å². The second kappa shape index (κ2) is 7.01. The van der Waals surface area contributed by atoms with Crippen LogP contribution in [0.3, 0.4) is 0 Å². The van der Waals surface area contributed by atoms with Gasteiger partial charge in [0, 0.05) is 18.8 Å². The van der Waals surface area contributed by atoms with Crippen molar-refractivity contribution in [1.29, 1.82) is 0 Å². The molecule has 1 N–H and O–H groups in total. The van der Waals surface area contributed by atoms with E-state index in [1.165, 1.54) is 0 Å². The quantitative estimate of drug-likeness (QED) is 0.902. The molecule has 2 aromatic carbocycles. The summed E-state index contributed by atoms with van der Waals surface area (Å²) in [6, 6.07) is 12.2. The van der Waals surface area contributed by atoms with Gasteiger partial charge in [-0.3, -0.25) is 4.72 Å². The van der Waals surface area contributed by atoms with Crippen molar-refractivity contribution < 1.29 is 13.2 Å². The van der Waals surface area contributed by atoms with Crippen LogP contribution in [0.25, 0.3) is 0 Å². The Hall–Kier alpha value is -1.76. The first kappa shape index (κ1) is 17.1. The van der Waals surface area contributed by atoms with Crippen molar-refractivity contribution in [3.63, 3.8) is 0 Å². The number of aryl methyl sites for hydroxylation is 1. The van der Waals surface area contributed by atoms with E-state index in [9.17, 15) is 8.42 Å². The van der Waals surface area contributed by atoms with Crippen LogP contribution in [0.4, 0.5) is 11.4 Å². The molecule has 3 rings (SSSR count). The van der Waals surface area contributed by atoms with Gasteiger partial charge < -0.3 is 9.64 Å². The van der Waals surface area contributed by atoms with Gasteiger partial charge in [-0.05, 0) is 36.8 Å². The van der Waals surface area contributed by atoms with Crippen molar-refractivity contribution in [2.45, 2.75) is 11.8 Å². The normalized spacial score (nSPS) is 15.3. The lowest BCUT2D eigenvalue weighted by atomic mass is 10.2. The number of benzene rings is 2. The van der Waals surface area contributed by atoms with Gasteiger partial charge in [-0.25, -0.2) is 8.42 Å². The Labute approximate surface area is 147 Å². The van der Waals surface area contributed by atoms with E-state index in [0.29, 0.717) is 29.5 Å². The van der Waals surface area contributed by atoms with E-state index < -0.39 is 10.0 Å². The van der Waals surface area contributed by atoms with Crippen LogP contribution >= 0.6 is 11.6 Å². The number of ether oxygens (including phenoxy) is 1. The summed E-state index contributed by atoms with van der Waals surface area (Å²) in [6.45, 7) is 4.62. The first-order chi connectivity index (χ1) is 11.5. The van der Waals surface area contributed by atoms with Crippen molar-refractivity contribution in [1.82, 2.24) is 0 Å². The van der Waals surface area contributed by atoms with Crippen LogP contribution < -0.4 is 9.62 Å². The Morgan fingerprint density at radius 1 is 1.12 bits per heavy atom. The van der Waals surface area contributed by atoms with Gasteiger partial charge in [0.2, 0.25) is 0 Å². The molecule has 5 nitrogen and oxygen atoms in total. The zero-order valence-corrected chi connectivity index (χ0v) is 14.9.